The lowest BCUT2D eigenvalue weighted by Gasteiger charge is -2.43. The van der Waals surface area contributed by atoms with Crippen molar-refractivity contribution in [3.63, 3.8) is 0 Å². The Balaban J connectivity index is 1.44. The molecular weight excluding hydrogens is 749 g/mol. The fraction of sp³-hybridized carbons (Fsp3) is 0.212. The van der Waals surface area contributed by atoms with Crippen LogP contribution in [0, 0.1) is 17.8 Å². The summed E-state index contributed by atoms with van der Waals surface area (Å²) in [5.41, 5.74) is -1.38. The number of para-hydroxylation sites is 2. The van der Waals surface area contributed by atoms with E-state index in [1.807, 2.05) is 84.9 Å². The normalized spacial score (nSPS) is 22.9. The topological polar surface area (TPSA) is 101 Å². The zero-order valence-electron chi connectivity index (χ0n) is 33.7. The van der Waals surface area contributed by atoms with E-state index < -0.39 is 63.5 Å². The Labute approximate surface area is 349 Å². The molecule has 1 aliphatic carbocycles. The average molecular weight is 793 g/mol. The van der Waals surface area contributed by atoms with Crippen LogP contribution in [0.1, 0.15) is 63.7 Å². The van der Waals surface area contributed by atoms with Gasteiger partial charge in [0.1, 0.15) is 16.4 Å². The Morgan fingerprint density at radius 2 is 0.833 bits per heavy atom. The first-order valence-corrected chi connectivity index (χ1v) is 20.3. The van der Waals surface area contributed by atoms with Gasteiger partial charge in [0, 0.05) is 22.5 Å². The number of amides is 2. The van der Waals surface area contributed by atoms with Gasteiger partial charge in [-0.05, 0) is 55.2 Å². The minimum atomic E-state index is -2.12. The molecular formula is C52H44N2O6. The van der Waals surface area contributed by atoms with Crippen LogP contribution >= 0.6 is 0 Å². The number of carbonyl (C=O) groups excluding carboxylic acids is 5. The molecule has 1 fully saturated rings. The van der Waals surface area contributed by atoms with Crippen LogP contribution in [0.4, 0.5) is 11.4 Å². The van der Waals surface area contributed by atoms with Gasteiger partial charge in [-0.1, -0.05) is 158 Å². The van der Waals surface area contributed by atoms with Gasteiger partial charge >= 0.3 is 5.97 Å². The molecule has 0 bridgehead atoms. The molecule has 298 valence electrons. The van der Waals surface area contributed by atoms with Crippen LogP contribution in [0.15, 0.2) is 170 Å². The predicted octanol–water partition coefficient (Wildman–Crippen LogP) is 8.93. The third-order valence-corrected chi connectivity index (χ3v) is 12.4. The molecule has 60 heavy (non-hydrogen) atoms. The van der Waals surface area contributed by atoms with E-state index in [4.69, 9.17) is 4.74 Å². The van der Waals surface area contributed by atoms with E-state index in [0.29, 0.717) is 22.5 Å². The minimum absolute atomic E-state index is 0.110. The summed E-state index contributed by atoms with van der Waals surface area (Å²) in [7, 11) is 0. The quantitative estimate of drug-likeness (QED) is 0.107. The molecule has 0 saturated heterocycles. The first-order valence-electron chi connectivity index (χ1n) is 20.3. The fourth-order valence-electron chi connectivity index (χ4n) is 10.3. The summed E-state index contributed by atoms with van der Waals surface area (Å²) in [6.07, 6.45) is 0. The lowest BCUT2D eigenvalue weighted by molar-refractivity contribution is -0.162. The van der Waals surface area contributed by atoms with Gasteiger partial charge in [-0.3, -0.25) is 24.0 Å². The first kappa shape index (κ1) is 38.6. The van der Waals surface area contributed by atoms with Crippen molar-refractivity contribution in [2.24, 2.45) is 17.8 Å². The summed E-state index contributed by atoms with van der Waals surface area (Å²) >= 11 is 0. The molecule has 2 aliphatic heterocycles. The molecule has 8 nitrogen and oxygen atoms in total. The van der Waals surface area contributed by atoms with Gasteiger partial charge in [0.15, 0.2) is 11.6 Å². The number of nitrogens with zero attached hydrogens (tertiary/aromatic N) is 2. The lowest BCUT2D eigenvalue weighted by Crippen LogP contribution is -2.63. The van der Waals surface area contributed by atoms with Gasteiger partial charge in [0.05, 0.1) is 30.8 Å². The third-order valence-electron chi connectivity index (χ3n) is 12.4. The molecule has 3 aliphatic rings. The van der Waals surface area contributed by atoms with Crippen LogP contribution in [-0.4, -0.2) is 35.0 Å². The molecule has 6 aromatic rings. The van der Waals surface area contributed by atoms with Crippen molar-refractivity contribution in [1.29, 1.82) is 0 Å². The summed E-state index contributed by atoms with van der Waals surface area (Å²) in [5, 5.41) is 0. The van der Waals surface area contributed by atoms with E-state index in [1.165, 1.54) is 0 Å². The Morgan fingerprint density at radius 3 is 1.20 bits per heavy atom. The van der Waals surface area contributed by atoms with E-state index in [1.54, 1.807) is 116 Å². The highest BCUT2D eigenvalue weighted by atomic mass is 16.6. The number of hydrogen-bond donors (Lipinski definition) is 0. The Hall–Kier alpha value is -6.93. The molecule has 2 heterocycles. The Bertz CT molecular complexity index is 2470. The largest absolute Gasteiger partial charge is 0.460 e. The van der Waals surface area contributed by atoms with E-state index in [2.05, 4.69) is 0 Å². The Kier molecular flexibility index (Phi) is 9.46. The highest BCUT2D eigenvalue weighted by Crippen LogP contribution is 2.72. The summed E-state index contributed by atoms with van der Waals surface area (Å²) in [4.78, 5) is 83.8. The summed E-state index contributed by atoms with van der Waals surface area (Å²) in [6, 6.07) is 50.6. The van der Waals surface area contributed by atoms with Gasteiger partial charge in [-0.25, -0.2) is 0 Å². The number of ether oxygens (including phenoxy) is 1. The number of esters is 1. The number of Topliss-reactive ketones (excluding diaryl/α,β-unsaturated/α-hetero) is 2. The van der Waals surface area contributed by atoms with Crippen LogP contribution in [0.25, 0.3) is 0 Å². The second-order valence-corrected chi connectivity index (χ2v) is 16.9. The molecule has 1 saturated carbocycles. The van der Waals surface area contributed by atoms with Crippen molar-refractivity contribution < 1.29 is 28.7 Å². The van der Waals surface area contributed by atoms with Gasteiger partial charge in [-0.2, -0.15) is 0 Å². The molecule has 0 N–H and O–H groups in total. The monoisotopic (exact) mass is 792 g/mol. The second kappa shape index (κ2) is 14.7. The number of benzene rings is 6. The van der Waals surface area contributed by atoms with Crippen molar-refractivity contribution in [3.05, 3.63) is 203 Å². The maximum absolute atomic E-state index is 16.6. The van der Waals surface area contributed by atoms with E-state index in [9.17, 15) is 0 Å². The molecule has 0 aromatic heterocycles. The molecule has 2 amide bonds. The number of hydrogen-bond acceptors (Lipinski definition) is 6. The SMILES string of the molecule is CC(C)(C)OC(=O)C1C(C(=O)c2ccccc2)C2(C(=O)N(Cc3ccccc3)c3ccccc32)C2(C(=O)N(Cc3ccccc3)c3ccccc32)C1C(=O)c1ccccc1. The fourth-order valence-corrected chi connectivity index (χ4v) is 10.3. The maximum atomic E-state index is 16.6. The smallest absolute Gasteiger partial charge is 0.311 e. The third kappa shape index (κ3) is 5.76. The van der Waals surface area contributed by atoms with Gasteiger partial charge in [0.25, 0.3) is 0 Å². The van der Waals surface area contributed by atoms with Crippen molar-refractivity contribution in [1.82, 2.24) is 0 Å². The molecule has 4 unspecified atom stereocenters. The second-order valence-electron chi connectivity index (χ2n) is 16.9. The van der Waals surface area contributed by atoms with E-state index >= 15 is 24.0 Å². The predicted molar refractivity (Wildman–Crippen MR) is 229 cm³/mol. The van der Waals surface area contributed by atoms with Crippen LogP contribution in [0.3, 0.4) is 0 Å². The van der Waals surface area contributed by atoms with Gasteiger partial charge in [0.2, 0.25) is 11.8 Å². The molecule has 2 spiro atoms. The molecule has 6 aromatic carbocycles. The summed E-state index contributed by atoms with van der Waals surface area (Å²) < 4.78 is 6.26. The number of fused-ring (bicyclic) bond motifs is 5. The number of rotatable bonds is 9. The highest BCUT2D eigenvalue weighted by Gasteiger charge is 2.85. The van der Waals surface area contributed by atoms with Crippen molar-refractivity contribution >= 4 is 40.7 Å². The lowest BCUT2D eigenvalue weighted by atomic mass is 9.53. The molecule has 8 heteroatoms. The number of anilines is 2. The van der Waals surface area contributed by atoms with E-state index in [-0.39, 0.29) is 24.2 Å². The van der Waals surface area contributed by atoms with Crippen LogP contribution in [0.5, 0.6) is 0 Å². The maximum Gasteiger partial charge on any atom is 0.311 e. The van der Waals surface area contributed by atoms with Crippen molar-refractivity contribution in [2.45, 2.75) is 50.3 Å². The van der Waals surface area contributed by atoms with Crippen molar-refractivity contribution in [3.8, 4) is 0 Å². The zero-order chi connectivity index (χ0) is 41.8. The number of ketones is 2. The minimum Gasteiger partial charge on any atom is -0.460 e. The first-order chi connectivity index (χ1) is 29.0. The molecule has 4 atom stereocenters. The van der Waals surface area contributed by atoms with Crippen LogP contribution in [-0.2, 0) is 43.0 Å². The average Bonchev–Trinajstić information content (AvgIpc) is 3.79. The van der Waals surface area contributed by atoms with Crippen LogP contribution < -0.4 is 9.80 Å². The highest BCUT2D eigenvalue weighted by molar-refractivity contribution is 6.26. The zero-order valence-corrected chi connectivity index (χ0v) is 33.7. The standard InChI is InChI=1S/C52H44N2O6/c1-50(2,3)60-47(57)42-43(45(55)36-24-12-6-13-25-36)51(38-28-16-18-30-40(38)53(48(51)58)32-34-20-8-4-9-21-34)52(44(42)46(56)37-26-14-7-15-27-37)39-29-17-19-31-41(39)54(49(52)59)33-35-22-10-5-11-23-35/h4-31,42-44H,32-33H2,1-3H3. The molecule has 0 radical (unpaired) electrons. The summed E-state index contributed by atoms with van der Waals surface area (Å²) in [6.45, 7) is 5.39. The molecule has 9 rings (SSSR count). The Morgan fingerprint density at radius 1 is 0.500 bits per heavy atom. The van der Waals surface area contributed by atoms with Crippen LogP contribution in [0.2, 0.25) is 0 Å². The van der Waals surface area contributed by atoms with E-state index in [0.717, 1.165) is 11.1 Å². The van der Waals surface area contributed by atoms with Gasteiger partial charge in [-0.15, -0.1) is 0 Å². The van der Waals surface area contributed by atoms with Crippen molar-refractivity contribution in [2.75, 3.05) is 9.80 Å². The summed E-state index contributed by atoms with van der Waals surface area (Å²) in [5.74, 6) is -7.72. The number of carbonyl (C=O) groups is 5. The van der Waals surface area contributed by atoms with Gasteiger partial charge < -0.3 is 14.5 Å².